The van der Waals surface area contributed by atoms with E-state index in [9.17, 15) is 4.79 Å². The summed E-state index contributed by atoms with van der Waals surface area (Å²) in [5.74, 6) is -0.242. The third-order valence-corrected chi connectivity index (χ3v) is 7.24. The monoisotopic (exact) mass is 517 g/mol. The Morgan fingerprint density at radius 2 is 1.69 bits per heavy atom. The second kappa shape index (κ2) is 9.42. The van der Waals surface area contributed by atoms with Crippen molar-refractivity contribution in [3.63, 3.8) is 0 Å². The van der Waals surface area contributed by atoms with Gasteiger partial charge in [0.15, 0.2) is 5.13 Å². The zero-order valence-corrected chi connectivity index (χ0v) is 21.6. The van der Waals surface area contributed by atoms with Gasteiger partial charge in [-0.3, -0.25) is 10.1 Å². The molecule has 0 unspecified atom stereocenters. The van der Waals surface area contributed by atoms with Crippen LogP contribution in [-0.2, 0) is 0 Å². The maximum Gasteiger partial charge on any atom is 0.258 e. The molecule has 7 heteroatoms. The molecule has 1 amide bonds. The number of rotatable bonds is 4. The summed E-state index contributed by atoms with van der Waals surface area (Å²) in [6.45, 7) is 6.02. The predicted octanol–water partition coefficient (Wildman–Crippen LogP) is 8.51. The lowest BCUT2D eigenvalue weighted by Crippen LogP contribution is -2.15. The van der Waals surface area contributed by atoms with E-state index in [1.165, 1.54) is 16.9 Å². The van der Waals surface area contributed by atoms with Gasteiger partial charge in [-0.2, -0.15) is 0 Å². The molecule has 5 rings (SSSR count). The van der Waals surface area contributed by atoms with E-state index < -0.39 is 0 Å². The molecule has 0 spiro atoms. The number of thiazole rings is 1. The number of aryl methyl sites for hydroxylation is 2. The maximum absolute atomic E-state index is 13.6. The molecule has 0 aliphatic rings. The zero-order chi connectivity index (χ0) is 24.7. The van der Waals surface area contributed by atoms with Crippen molar-refractivity contribution in [3.8, 4) is 22.5 Å². The second-order valence-electron chi connectivity index (χ2n) is 8.41. The molecule has 2 heterocycles. The first-order valence-corrected chi connectivity index (χ1v) is 12.6. The van der Waals surface area contributed by atoms with Crippen molar-refractivity contribution in [1.82, 2.24) is 9.97 Å². The van der Waals surface area contributed by atoms with Crippen molar-refractivity contribution < 1.29 is 4.79 Å². The topological polar surface area (TPSA) is 54.9 Å². The first kappa shape index (κ1) is 23.5. The summed E-state index contributed by atoms with van der Waals surface area (Å²) in [6.07, 6.45) is 0. The van der Waals surface area contributed by atoms with Gasteiger partial charge in [-0.1, -0.05) is 65.2 Å². The number of hydrogen-bond acceptors (Lipinski definition) is 4. The lowest BCUT2D eigenvalue weighted by Gasteiger charge is -2.15. The van der Waals surface area contributed by atoms with Crippen LogP contribution in [0, 0.1) is 20.8 Å². The molecule has 0 fully saturated rings. The van der Waals surface area contributed by atoms with Crippen LogP contribution < -0.4 is 5.32 Å². The van der Waals surface area contributed by atoms with E-state index in [2.05, 4.69) is 42.3 Å². The van der Waals surface area contributed by atoms with Crippen LogP contribution in [0.15, 0.2) is 66.0 Å². The van der Waals surface area contributed by atoms with Crippen LogP contribution in [-0.4, -0.2) is 15.9 Å². The summed E-state index contributed by atoms with van der Waals surface area (Å²) in [5.41, 5.74) is 7.59. The molecular formula is C28H21Cl2N3OS. The molecular weight excluding hydrogens is 497 g/mol. The van der Waals surface area contributed by atoms with Gasteiger partial charge in [0.2, 0.25) is 0 Å². The Hall–Kier alpha value is -3.25. The Labute approximate surface area is 217 Å². The van der Waals surface area contributed by atoms with Gasteiger partial charge in [0.05, 0.1) is 27.5 Å². The van der Waals surface area contributed by atoms with Crippen molar-refractivity contribution in [2.24, 2.45) is 0 Å². The molecule has 0 bridgehead atoms. The van der Waals surface area contributed by atoms with Crippen LogP contribution in [0.5, 0.6) is 0 Å². The van der Waals surface area contributed by atoms with E-state index >= 15 is 0 Å². The normalized spacial score (nSPS) is 11.1. The van der Waals surface area contributed by atoms with E-state index in [0.717, 1.165) is 33.3 Å². The fraction of sp³-hybridized carbons (Fsp3) is 0.107. The zero-order valence-electron chi connectivity index (χ0n) is 19.3. The Kier molecular flexibility index (Phi) is 6.32. The summed E-state index contributed by atoms with van der Waals surface area (Å²) in [4.78, 5) is 23.1. The number of carbonyl (C=O) groups is 1. The fourth-order valence-corrected chi connectivity index (χ4v) is 5.46. The highest BCUT2D eigenvalue weighted by Crippen LogP contribution is 2.35. The number of anilines is 1. The van der Waals surface area contributed by atoms with Gasteiger partial charge in [-0.25, -0.2) is 9.97 Å². The average Bonchev–Trinajstić information content (AvgIpc) is 3.27. The lowest BCUT2D eigenvalue weighted by molar-refractivity contribution is 0.102. The smallest absolute Gasteiger partial charge is 0.258 e. The molecule has 0 saturated carbocycles. The van der Waals surface area contributed by atoms with Gasteiger partial charge < -0.3 is 0 Å². The minimum Gasteiger partial charge on any atom is -0.298 e. The number of pyridine rings is 1. The third kappa shape index (κ3) is 4.55. The van der Waals surface area contributed by atoms with Crippen LogP contribution in [0.25, 0.3) is 33.4 Å². The molecule has 4 nitrogen and oxygen atoms in total. The average molecular weight is 518 g/mol. The first-order chi connectivity index (χ1) is 16.8. The highest BCUT2D eigenvalue weighted by Gasteiger charge is 2.21. The number of nitrogens with zero attached hydrogens (tertiary/aromatic N) is 2. The molecule has 3 aromatic carbocycles. The number of halogens is 2. The highest BCUT2D eigenvalue weighted by molar-refractivity contribution is 7.14. The van der Waals surface area contributed by atoms with Crippen LogP contribution in [0.3, 0.4) is 0 Å². The molecule has 0 saturated heterocycles. The standard InChI is InChI=1S/C28H21Cl2N3OS/c1-15-8-10-19(16(2)12-15)24-14-35-28(32-24)33-27(34)25-17(3)26(20-11-9-18(29)13-22(20)30)31-23-7-5-4-6-21(23)25/h4-14H,1-3H3,(H,32,33,34). The summed E-state index contributed by atoms with van der Waals surface area (Å²) < 4.78 is 0. The quantitative estimate of drug-likeness (QED) is 0.260. The molecule has 0 aliphatic heterocycles. The largest absolute Gasteiger partial charge is 0.298 e. The van der Waals surface area contributed by atoms with Crippen LogP contribution >= 0.6 is 34.5 Å². The van der Waals surface area contributed by atoms with Gasteiger partial charge >= 0.3 is 0 Å². The third-order valence-electron chi connectivity index (χ3n) is 5.93. The molecule has 174 valence electrons. The van der Waals surface area contributed by atoms with Gasteiger partial charge in [0, 0.05) is 26.9 Å². The minimum atomic E-state index is -0.242. The van der Waals surface area contributed by atoms with Gasteiger partial charge in [-0.15, -0.1) is 11.3 Å². The number of amides is 1. The second-order valence-corrected chi connectivity index (χ2v) is 10.1. The van der Waals surface area contributed by atoms with E-state index in [1.807, 2.05) is 42.6 Å². The number of para-hydroxylation sites is 1. The van der Waals surface area contributed by atoms with E-state index in [4.69, 9.17) is 28.2 Å². The maximum atomic E-state index is 13.6. The molecule has 0 atom stereocenters. The SMILES string of the molecule is Cc1ccc(-c2csc(NC(=O)c3c(C)c(-c4ccc(Cl)cc4Cl)nc4ccccc34)n2)c(C)c1. The van der Waals surface area contributed by atoms with Crippen LogP contribution in [0.2, 0.25) is 10.0 Å². The number of carbonyl (C=O) groups excluding carboxylic acids is 1. The van der Waals surface area contributed by atoms with Crippen molar-refractivity contribution >= 4 is 56.5 Å². The van der Waals surface area contributed by atoms with Crippen LogP contribution in [0.4, 0.5) is 5.13 Å². The van der Waals surface area contributed by atoms with Gasteiger partial charge in [0.25, 0.3) is 5.91 Å². The number of hydrogen-bond donors (Lipinski definition) is 1. The molecule has 2 aromatic heterocycles. The summed E-state index contributed by atoms with van der Waals surface area (Å²) in [6, 6.07) is 19.1. The summed E-state index contributed by atoms with van der Waals surface area (Å²) >= 11 is 14.0. The minimum absolute atomic E-state index is 0.242. The fourth-order valence-electron chi connectivity index (χ4n) is 4.26. The predicted molar refractivity (Wildman–Crippen MR) is 147 cm³/mol. The van der Waals surface area contributed by atoms with Crippen molar-refractivity contribution in [2.75, 3.05) is 5.32 Å². The number of benzene rings is 3. The molecule has 35 heavy (non-hydrogen) atoms. The van der Waals surface area contributed by atoms with E-state index in [-0.39, 0.29) is 5.91 Å². The Morgan fingerprint density at radius 1 is 0.914 bits per heavy atom. The van der Waals surface area contributed by atoms with Gasteiger partial charge in [-0.05, 0) is 56.2 Å². The molecule has 0 radical (unpaired) electrons. The van der Waals surface area contributed by atoms with Crippen LogP contribution in [0.1, 0.15) is 27.0 Å². The Balaban J connectivity index is 1.56. The number of nitrogens with one attached hydrogen (secondary N) is 1. The van der Waals surface area contributed by atoms with Crippen molar-refractivity contribution in [2.45, 2.75) is 20.8 Å². The molecule has 0 aliphatic carbocycles. The Bertz CT molecular complexity index is 1610. The Morgan fingerprint density at radius 3 is 2.46 bits per heavy atom. The van der Waals surface area contributed by atoms with Crippen molar-refractivity contribution in [3.05, 3.63) is 98.3 Å². The molecule has 1 N–H and O–H groups in total. The summed E-state index contributed by atoms with van der Waals surface area (Å²) in [5, 5.41) is 7.29. The number of aromatic nitrogens is 2. The molecule has 5 aromatic rings. The highest BCUT2D eigenvalue weighted by atomic mass is 35.5. The first-order valence-electron chi connectivity index (χ1n) is 11.0. The lowest BCUT2D eigenvalue weighted by atomic mass is 9.97. The van der Waals surface area contributed by atoms with Crippen molar-refractivity contribution in [1.29, 1.82) is 0 Å². The van der Waals surface area contributed by atoms with E-state index in [1.54, 1.807) is 12.1 Å². The summed E-state index contributed by atoms with van der Waals surface area (Å²) in [7, 11) is 0. The van der Waals surface area contributed by atoms with Gasteiger partial charge in [0.1, 0.15) is 0 Å². The van der Waals surface area contributed by atoms with E-state index in [0.29, 0.717) is 32.0 Å². The number of fused-ring (bicyclic) bond motifs is 1.